The number of rotatable bonds is 3. The van der Waals surface area contributed by atoms with Crippen LogP contribution in [0.4, 0.5) is 0 Å². The lowest BCUT2D eigenvalue weighted by atomic mass is 10.0. The van der Waals surface area contributed by atoms with Gasteiger partial charge in [0.05, 0.1) is 16.9 Å². The van der Waals surface area contributed by atoms with Crippen LogP contribution in [-0.4, -0.2) is 16.3 Å². The molecule has 12 heavy (non-hydrogen) atoms. The highest BCUT2D eigenvalue weighted by atomic mass is 35.5. The number of halogens is 1. The number of nitrogens with two attached hydrogens (primary N) is 1. The van der Waals surface area contributed by atoms with Gasteiger partial charge in [-0.05, 0) is 6.42 Å². The summed E-state index contributed by atoms with van der Waals surface area (Å²) in [6, 6.07) is 0. The van der Waals surface area contributed by atoms with Crippen molar-refractivity contribution in [1.29, 1.82) is 0 Å². The van der Waals surface area contributed by atoms with Crippen LogP contribution in [0.15, 0.2) is 6.20 Å². The summed E-state index contributed by atoms with van der Waals surface area (Å²) < 4.78 is 1.80. The van der Waals surface area contributed by atoms with E-state index in [4.69, 9.17) is 17.3 Å². The molecule has 0 spiro atoms. The van der Waals surface area contributed by atoms with Crippen LogP contribution in [-0.2, 0) is 7.05 Å². The molecule has 1 heterocycles. The average molecular weight is 188 g/mol. The summed E-state index contributed by atoms with van der Waals surface area (Å²) in [7, 11) is 1.89. The molecule has 0 radical (unpaired) electrons. The molecule has 1 atom stereocenters. The topological polar surface area (TPSA) is 43.8 Å². The summed E-state index contributed by atoms with van der Waals surface area (Å²) >= 11 is 5.96. The van der Waals surface area contributed by atoms with Gasteiger partial charge < -0.3 is 5.73 Å². The minimum atomic E-state index is 0.324. The van der Waals surface area contributed by atoms with Crippen molar-refractivity contribution in [2.75, 3.05) is 6.54 Å². The van der Waals surface area contributed by atoms with Gasteiger partial charge in [-0.2, -0.15) is 5.10 Å². The van der Waals surface area contributed by atoms with E-state index in [0.717, 1.165) is 17.1 Å². The second-order valence-electron chi connectivity index (χ2n) is 2.84. The summed E-state index contributed by atoms with van der Waals surface area (Å²) in [4.78, 5) is 0. The summed E-state index contributed by atoms with van der Waals surface area (Å²) in [5.41, 5.74) is 6.66. The zero-order chi connectivity index (χ0) is 9.14. The van der Waals surface area contributed by atoms with Crippen LogP contribution in [0.1, 0.15) is 25.0 Å². The number of aryl methyl sites for hydroxylation is 1. The molecule has 0 aliphatic carbocycles. The van der Waals surface area contributed by atoms with Crippen molar-refractivity contribution in [2.24, 2.45) is 12.8 Å². The predicted octanol–water partition coefficient (Wildman–Crippen LogP) is 1.53. The maximum absolute atomic E-state index is 5.96. The summed E-state index contributed by atoms with van der Waals surface area (Å²) in [5.74, 6) is 0.324. The van der Waals surface area contributed by atoms with E-state index in [-0.39, 0.29) is 0 Å². The van der Waals surface area contributed by atoms with Gasteiger partial charge in [0.1, 0.15) is 0 Å². The summed E-state index contributed by atoms with van der Waals surface area (Å²) in [5, 5.41) is 4.78. The molecule has 4 heteroatoms. The van der Waals surface area contributed by atoms with Crippen molar-refractivity contribution in [1.82, 2.24) is 9.78 Å². The van der Waals surface area contributed by atoms with E-state index < -0.39 is 0 Å². The van der Waals surface area contributed by atoms with Gasteiger partial charge in [-0.15, -0.1) is 0 Å². The summed E-state index contributed by atoms with van der Waals surface area (Å²) in [6.45, 7) is 2.72. The van der Waals surface area contributed by atoms with Gasteiger partial charge in [-0.1, -0.05) is 18.5 Å². The number of aromatic nitrogens is 2. The number of hydrogen-bond donors (Lipinski definition) is 1. The number of nitrogens with zero attached hydrogens (tertiary/aromatic N) is 2. The molecule has 0 fully saturated rings. The molecule has 68 valence electrons. The molecule has 0 aliphatic heterocycles. The smallest absolute Gasteiger partial charge is 0.0821 e. The first-order valence-corrected chi connectivity index (χ1v) is 4.46. The molecule has 0 amide bonds. The Hall–Kier alpha value is -0.540. The van der Waals surface area contributed by atoms with E-state index in [1.54, 1.807) is 10.9 Å². The fourth-order valence-electron chi connectivity index (χ4n) is 1.35. The Kier molecular flexibility index (Phi) is 3.12. The Bertz CT molecular complexity index is 233. The molecule has 1 aromatic heterocycles. The average Bonchev–Trinajstić information content (AvgIpc) is 2.38. The molecular formula is C8H14ClN3. The van der Waals surface area contributed by atoms with Gasteiger partial charge in [0.2, 0.25) is 0 Å². The van der Waals surface area contributed by atoms with Gasteiger partial charge in [0, 0.05) is 19.5 Å². The monoisotopic (exact) mass is 187 g/mol. The molecule has 1 aromatic rings. The molecule has 0 aliphatic rings. The molecule has 1 rings (SSSR count). The van der Waals surface area contributed by atoms with Crippen LogP contribution >= 0.6 is 11.6 Å². The molecule has 0 saturated heterocycles. The van der Waals surface area contributed by atoms with Crippen molar-refractivity contribution in [3.63, 3.8) is 0 Å². The first-order valence-electron chi connectivity index (χ1n) is 4.08. The summed E-state index contributed by atoms with van der Waals surface area (Å²) in [6.07, 6.45) is 2.66. The SMILES string of the molecule is CCC(CN)c1c(Cl)cnn1C. The Morgan fingerprint density at radius 2 is 2.42 bits per heavy atom. The fourth-order valence-corrected chi connectivity index (χ4v) is 1.67. The van der Waals surface area contributed by atoms with Gasteiger partial charge in [0.25, 0.3) is 0 Å². The molecule has 0 aromatic carbocycles. The zero-order valence-electron chi connectivity index (χ0n) is 7.42. The van der Waals surface area contributed by atoms with Gasteiger partial charge in [-0.25, -0.2) is 0 Å². The highest BCUT2D eigenvalue weighted by molar-refractivity contribution is 6.31. The van der Waals surface area contributed by atoms with E-state index in [0.29, 0.717) is 12.5 Å². The molecule has 3 nitrogen and oxygen atoms in total. The minimum absolute atomic E-state index is 0.324. The lowest BCUT2D eigenvalue weighted by Crippen LogP contribution is -2.15. The van der Waals surface area contributed by atoms with E-state index in [2.05, 4.69) is 12.0 Å². The Labute approximate surface area is 77.5 Å². The van der Waals surface area contributed by atoms with Gasteiger partial charge >= 0.3 is 0 Å². The van der Waals surface area contributed by atoms with Crippen LogP contribution in [0.5, 0.6) is 0 Å². The maximum atomic E-state index is 5.96. The van der Waals surface area contributed by atoms with Crippen molar-refractivity contribution in [3.05, 3.63) is 16.9 Å². The molecule has 2 N–H and O–H groups in total. The second-order valence-corrected chi connectivity index (χ2v) is 3.25. The van der Waals surface area contributed by atoms with Crippen molar-refractivity contribution in [3.8, 4) is 0 Å². The first-order chi connectivity index (χ1) is 5.70. The highest BCUT2D eigenvalue weighted by Crippen LogP contribution is 2.24. The number of hydrogen-bond acceptors (Lipinski definition) is 2. The lowest BCUT2D eigenvalue weighted by molar-refractivity contribution is 0.594. The Balaban J connectivity index is 2.98. The van der Waals surface area contributed by atoms with E-state index in [1.807, 2.05) is 7.05 Å². The van der Waals surface area contributed by atoms with Crippen LogP contribution in [0.3, 0.4) is 0 Å². The quantitative estimate of drug-likeness (QED) is 0.780. The van der Waals surface area contributed by atoms with Gasteiger partial charge in [0.15, 0.2) is 0 Å². The maximum Gasteiger partial charge on any atom is 0.0821 e. The van der Waals surface area contributed by atoms with E-state index in [1.165, 1.54) is 0 Å². The van der Waals surface area contributed by atoms with E-state index in [9.17, 15) is 0 Å². The van der Waals surface area contributed by atoms with Crippen molar-refractivity contribution < 1.29 is 0 Å². The van der Waals surface area contributed by atoms with E-state index >= 15 is 0 Å². The Morgan fingerprint density at radius 3 is 2.75 bits per heavy atom. The van der Waals surface area contributed by atoms with Crippen LogP contribution in [0.2, 0.25) is 5.02 Å². The highest BCUT2D eigenvalue weighted by Gasteiger charge is 2.15. The normalized spacial score (nSPS) is 13.3. The zero-order valence-corrected chi connectivity index (χ0v) is 8.17. The van der Waals surface area contributed by atoms with Crippen LogP contribution in [0, 0.1) is 0 Å². The lowest BCUT2D eigenvalue weighted by Gasteiger charge is -2.12. The second kappa shape index (κ2) is 3.92. The van der Waals surface area contributed by atoms with Crippen molar-refractivity contribution >= 4 is 11.6 Å². The van der Waals surface area contributed by atoms with Crippen LogP contribution in [0.25, 0.3) is 0 Å². The minimum Gasteiger partial charge on any atom is -0.330 e. The van der Waals surface area contributed by atoms with Crippen LogP contribution < -0.4 is 5.73 Å². The third kappa shape index (κ3) is 1.62. The largest absolute Gasteiger partial charge is 0.330 e. The fraction of sp³-hybridized carbons (Fsp3) is 0.625. The Morgan fingerprint density at radius 1 is 1.75 bits per heavy atom. The molecule has 1 unspecified atom stereocenters. The third-order valence-electron chi connectivity index (χ3n) is 2.10. The first kappa shape index (κ1) is 9.55. The molecular weight excluding hydrogens is 174 g/mol. The molecule has 0 bridgehead atoms. The third-order valence-corrected chi connectivity index (χ3v) is 2.39. The van der Waals surface area contributed by atoms with Gasteiger partial charge in [-0.3, -0.25) is 4.68 Å². The predicted molar refractivity (Wildman–Crippen MR) is 50.3 cm³/mol. The van der Waals surface area contributed by atoms with Crippen molar-refractivity contribution in [2.45, 2.75) is 19.3 Å². The standard InChI is InChI=1S/C8H14ClN3/c1-3-6(4-10)8-7(9)5-11-12(8)2/h5-6H,3-4,10H2,1-2H3. The molecule has 0 saturated carbocycles.